The van der Waals surface area contributed by atoms with Crippen LogP contribution in [0.15, 0.2) is 27.6 Å². The van der Waals surface area contributed by atoms with Crippen LogP contribution in [0.4, 0.5) is 0 Å². The van der Waals surface area contributed by atoms with Crippen LogP contribution >= 0.6 is 15.9 Å². The monoisotopic (exact) mass is 406 g/mol. The van der Waals surface area contributed by atoms with Crippen molar-refractivity contribution in [2.45, 2.75) is 4.90 Å². The second kappa shape index (κ2) is 8.20. The molecule has 1 N–H and O–H groups in total. The molecule has 2 rings (SSSR count). The first kappa shape index (κ1) is 18.3. The first-order chi connectivity index (χ1) is 11.0. The SMILES string of the molecule is COCCNS(=O)(=O)c1ccc(Br)c(C(=O)N2CCOCC2)c1. The van der Waals surface area contributed by atoms with Crippen LogP contribution in [0.5, 0.6) is 0 Å². The lowest BCUT2D eigenvalue weighted by Crippen LogP contribution is -2.40. The lowest BCUT2D eigenvalue weighted by molar-refractivity contribution is 0.0302. The van der Waals surface area contributed by atoms with Gasteiger partial charge in [0.25, 0.3) is 5.91 Å². The Hall–Kier alpha value is -1.00. The molecular formula is C14H19BrN2O5S. The number of morpholine rings is 1. The zero-order valence-corrected chi connectivity index (χ0v) is 15.2. The predicted octanol–water partition coefficient (Wildman–Crippen LogP) is 0.846. The van der Waals surface area contributed by atoms with Gasteiger partial charge in [-0.3, -0.25) is 4.79 Å². The first-order valence-electron chi connectivity index (χ1n) is 7.11. The number of carbonyl (C=O) groups is 1. The average Bonchev–Trinajstić information content (AvgIpc) is 2.55. The number of hydrogen-bond donors (Lipinski definition) is 1. The van der Waals surface area contributed by atoms with Crippen molar-refractivity contribution in [1.29, 1.82) is 0 Å². The molecule has 7 nitrogen and oxygen atoms in total. The molecule has 1 amide bonds. The van der Waals surface area contributed by atoms with Crippen molar-refractivity contribution < 1.29 is 22.7 Å². The minimum atomic E-state index is -3.68. The number of methoxy groups -OCH3 is 1. The summed E-state index contributed by atoms with van der Waals surface area (Å²) in [6.45, 7) is 2.40. The first-order valence-corrected chi connectivity index (χ1v) is 9.38. The van der Waals surface area contributed by atoms with Gasteiger partial charge in [0.2, 0.25) is 10.0 Å². The molecule has 0 aromatic heterocycles. The number of amides is 1. The largest absolute Gasteiger partial charge is 0.383 e. The summed E-state index contributed by atoms with van der Waals surface area (Å²) in [6.07, 6.45) is 0. The van der Waals surface area contributed by atoms with Crippen molar-refractivity contribution >= 4 is 31.9 Å². The minimum Gasteiger partial charge on any atom is -0.383 e. The number of halogens is 1. The highest BCUT2D eigenvalue weighted by Gasteiger charge is 2.23. The molecule has 0 unspecified atom stereocenters. The second-order valence-electron chi connectivity index (χ2n) is 4.94. The predicted molar refractivity (Wildman–Crippen MR) is 87.9 cm³/mol. The summed E-state index contributed by atoms with van der Waals surface area (Å²) in [5.74, 6) is -0.214. The van der Waals surface area contributed by atoms with Gasteiger partial charge in [0.05, 0.1) is 30.3 Å². The molecule has 1 aliphatic heterocycles. The summed E-state index contributed by atoms with van der Waals surface area (Å²) in [5, 5.41) is 0. The highest BCUT2D eigenvalue weighted by Crippen LogP contribution is 2.23. The van der Waals surface area contributed by atoms with Gasteiger partial charge >= 0.3 is 0 Å². The average molecular weight is 407 g/mol. The molecule has 1 aliphatic rings. The van der Waals surface area contributed by atoms with Crippen molar-refractivity contribution in [2.24, 2.45) is 0 Å². The van der Waals surface area contributed by atoms with Crippen LogP contribution in [-0.4, -0.2) is 65.8 Å². The summed E-state index contributed by atoms with van der Waals surface area (Å²) in [5.41, 5.74) is 0.321. The van der Waals surface area contributed by atoms with Crippen molar-refractivity contribution in [3.63, 3.8) is 0 Å². The fourth-order valence-corrected chi connectivity index (χ4v) is 3.59. The van der Waals surface area contributed by atoms with Crippen LogP contribution in [0.1, 0.15) is 10.4 Å². The second-order valence-corrected chi connectivity index (χ2v) is 7.56. The summed E-state index contributed by atoms with van der Waals surface area (Å²) in [4.78, 5) is 14.3. The molecule has 0 bridgehead atoms. The lowest BCUT2D eigenvalue weighted by atomic mass is 10.2. The fourth-order valence-electron chi connectivity index (χ4n) is 2.13. The third kappa shape index (κ3) is 4.74. The van der Waals surface area contributed by atoms with Gasteiger partial charge < -0.3 is 14.4 Å². The van der Waals surface area contributed by atoms with E-state index >= 15 is 0 Å². The van der Waals surface area contributed by atoms with E-state index in [-0.39, 0.29) is 24.0 Å². The third-order valence-corrected chi connectivity index (χ3v) is 5.53. The molecule has 128 valence electrons. The maximum absolute atomic E-state index is 12.6. The van der Waals surface area contributed by atoms with Gasteiger partial charge in [-0.05, 0) is 34.1 Å². The van der Waals surface area contributed by atoms with Gasteiger partial charge in [0.15, 0.2) is 0 Å². The van der Waals surface area contributed by atoms with Gasteiger partial charge in [-0.25, -0.2) is 13.1 Å². The van der Waals surface area contributed by atoms with Crippen LogP contribution in [0.25, 0.3) is 0 Å². The smallest absolute Gasteiger partial charge is 0.255 e. The zero-order chi connectivity index (χ0) is 16.9. The highest BCUT2D eigenvalue weighted by atomic mass is 79.9. The number of nitrogens with zero attached hydrogens (tertiary/aromatic N) is 1. The third-order valence-electron chi connectivity index (χ3n) is 3.38. The van der Waals surface area contributed by atoms with E-state index < -0.39 is 10.0 Å². The summed E-state index contributed by atoms with van der Waals surface area (Å²) in [6, 6.07) is 4.41. The molecule has 0 atom stereocenters. The van der Waals surface area contributed by atoms with Gasteiger partial charge in [-0.1, -0.05) is 0 Å². The van der Waals surface area contributed by atoms with Crippen molar-refractivity contribution in [2.75, 3.05) is 46.6 Å². The number of carbonyl (C=O) groups excluding carboxylic acids is 1. The molecule has 23 heavy (non-hydrogen) atoms. The number of benzene rings is 1. The lowest BCUT2D eigenvalue weighted by Gasteiger charge is -2.27. The molecule has 1 aromatic carbocycles. The van der Waals surface area contributed by atoms with E-state index in [0.717, 1.165) is 0 Å². The summed E-state index contributed by atoms with van der Waals surface area (Å²) in [7, 11) is -2.19. The number of sulfonamides is 1. The number of nitrogens with one attached hydrogen (secondary N) is 1. The van der Waals surface area contributed by atoms with Crippen molar-refractivity contribution in [1.82, 2.24) is 9.62 Å². The van der Waals surface area contributed by atoms with Crippen LogP contribution < -0.4 is 4.72 Å². The van der Waals surface area contributed by atoms with E-state index in [2.05, 4.69) is 20.7 Å². The van der Waals surface area contributed by atoms with Gasteiger partial charge in [0.1, 0.15) is 0 Å². The van der Waals surface area contributed by atoms with E-state index in [9.17, 15) is 13.2 Å². The Kier molecular flexibility index (Phi) is 6.54. The number of hydrogen-bond acceptors (Lipinski definition) is 5. The fraction of sp³-hybridized carbons (Fsp3) is 0.500. The normalized spacial score (nSPS) is 15.7. The Morgan fingerprint density at radius 1 is 1.39 bits per heavy atom. The summed E-state index contributed by atoms with van der Waals surface area (Å²) >= 11 is 3.31. The molecule has 1 fully saturated rings. The summed E-state index contributed by atoms with van der Waals surface area (Å²) < 4.78 is 37.5. The molecule has 1 aromatic rings. The molecule has 0 radical (unpaired) electrons. The van der Waals surface area contributed by atoms with Crippen LogP contribution in [-0.2, 0) is 19.5 Å². The van der Waals surface area contributed by atoms with E-state index in [1.165, 1.54) is 19.2 Å². The van der Waals surface area contributed by atoms with E-state index in [0.29, 0.717) is 36.3 Å². The maximum atomic E-state index is 12.6. The Labute approximate surface area is 144 Å². The molecular weight excluding hydrogens is 388 g/mol. The molecule has 9 heteroatoms. The Balaban J connectivity index is 2.22. The minimum absolute atomic E-state index is 0.0495. The van der Waals surface area contributed by atoms with Gasteiger partial charge in [-0.2, -0.15) is 0 Å². The van der Waals surface area contributed by atoms with Crippen molar-refractivity contribution in [3.05, 3.63) is 28.2 Å². The van der Waals surface area contributed by atoms with Gasteiger partial charge in [0, 0.05) is 31.2 Å². The Bertz CT molecular complexity index is 659. The zero-order valence-electron chi connectivity index (χ0n) is 12.7. The Morgan fingerprint density at radius 2 is 2.09 bits per heavy atom. The number of ether oxygens (including phenoxy) is 2. The van der Waals surface area contributed by atoms with E-state index in [1.807, 2.05) is 0 Å². The van der Waals surface area contributed by atoms with E-state index in [4.69, 9.17) is 9.47 Å². The quantitative estimate of drug-likeness (QED) is 0.707. The maximum Gasteiger partial charge on any atom is 0.255 e. The van der Waals surface area contributed by atoms with Crippen LogP contribution in [0.2, 0.25) is 0 Å². The highest BCUT2D eigenvalue weighted by molar-refractivity contribution is 9.10. The van der Waals surface area contributed by atoms with Gasteiger partial charge in [-0.15, -0.1) is 0 Å². The van der Waals surface area contributed by atoms with Crippen LogP contribution in [0.3, 0.4) is 0 Å². The Morgan fingerprint density at radius 3 is 2.74 bits per heavy atom. The molecule has 1 heterocycles. The molecule has 0 spiro atoms. The van der Waals surface area contributed by atoms with E-state index in [1.54, 1.807) is 11.0 Å². The molecule has 0 aliphatic carbocycles. The molecule has 0 saturated carbocycles. The van der Waals surface area contributed by atoms with Crippen LogP contribution in [0, 0.1) is 0 Å². The topological polar surface area (TPSA) is 84.9 Å². The molecule has 1 saturated heterocycles. The van der Waals surface area contributed by atoms with Crippen molar-refractivity contribution in [3.8, 4) is 0 Å². The standard InChI is InChI=1S/C14H19BrN2O5S/c1-21-7-4-16-23(19,20)11-2-3-13(15)12(10-11)14(18)17-5-8-22-9-6-17/h2-3,10,16H,4-9H2,1H3. The number of rotatable bonds is 6.